The van der Waals surface area contributed by atoms with Gasteiger partial charge < -0.3 is 10.6 Å². The van der Waals surface area contributed by atoms with Gasteiger partial charge >= 0.3 is 0 Å². The summed E-state index contributed by atoms with van der Waals surface area (Å²) in [6.45, 7) is 4.41. The largest absolute Gasteiger partial charge is 0.338 e. The maximum atomic E-state index is 11.9. The topological polar surface area (TPSA) is 46.3 Å². The number of amides is 1. The highest BCUT2D eigenvalue weighted by atomic mass is 16.2. The fourth-order valence-corrected chi connectivity index (χ4v) is 2.61. The normalized spacial score (nSPS) is 19.6. The molecule has 1 saturated heterocycles. The number of carbonyl (C=O) groups excluding carboxylic acids is 1. The van der Waals surface area contributed by atoms with E-state index in [-0.39, 0.29) is 0 Å². The van der Waals surface area contributed by atoms with Crippen LogP contribution in [0.15, 0.2) is 24.3 Å². The molecule has 0 bridgehead atoms. The van der Waals surface area contributed by atoms with Gasteiger partial charge in [-0.3, -0.25) is 4.79 Å². The van der Waals surface area contributed by atoms with Crippen molar-refractivity contribution in [3.8, 4) is 0 Å². The van der Waals surface area contributed by atoms with Gasteiger partial charge in [0.05, 0.1) is 0 Å². The lowest BCUT2D eigenvalue weighted by molar-refractivity contribution is -0.128. The first-order valence-electron chi connectivity index (χ1n) is 6.78. The summed E-state index contributed by atoms with van der Waals surface area (Å²) in [5, 5.41) is 0. The van der Waals surface area contributed by atoms with Crippen molar-refractivity contribution in [3.63, 3.8) is 0 Å². The molecule has 18 heavy (non-hydrogen) atoms. The summed E-state index contributed by atoms with van der Waals surface area (Å²) >= 11 is 0. The second-order valence-corrected chi connectivity index (χ2v) is 5.15. The third-order valence-electron chi connectivity index (χ3n) is 3.62. The van der Waals surface area contributed by atoms with Gasteiger partial charge in [-0.15, -0.1) is 0 Å². The number of carbonyl (C=O) groups is 1. The molecule has 0 aliphatic carbocycles. The van der Waals surface area contributed by atoms with Gasteiger partial charge in [-0.25, -0.2) is 0 Å². The van der Waals surface area contributed by atoms with Crippen LogP contribution in [0.5, 0.6) is 0 Å². The molecule has 0 saturated carbocycles. The Hall–Kier alpha value is -1.35. The summed E-state index contributed by atoms with van der Waals surface area (Å²) in [5.41, 5.74) is 7.90. The van der Waals surface area contributed by atoms with Crippen LogP contribution in [0, 0.1) is 5.92 Å². The van der Waals surface area contributed by atoms with Crippen molar-refractivity contribution in [2.75, 3.05) is 6.54 Å². The number of rotatable bonds is 5. The fraction of sp³-hybridized carbons (Fsp3) is 0.533. The first kappa shape index (κ1) is 13.1. The Morgan fingerprint density at radius 2 is 1.94 bits per heavy atom. The van der Waals surface area contributed by atoms with Crippen LogP contribution in [0.2, 0.25) is 0 Å². The van der Waals surface area contributed by atoms with Gasteiger partial charge in [0.25, 0.3) is 0 Å². The molecule has 1 heterocycles. The minimum Gasteiger partial charge on any atom is -0.338 e. The molecule has 0 spiro atoms. The van der Waals surface area contributed by atoms with Crippen molar-refractivity contribution in [2.45, 2.75) is 39.3 Å². The van der Waals surface area contributed by atoms with Gasteiger partial charge in [0, 0.05) is 26.1 Å². The van der Waals surface area contributed by atoms with E-state index in [9.17, 15) is 4.79 Å². The average Bonchev–Trinajstić information content (AvgIpc) is 2.71. The quantitative estimate of drug-likeness (QED) is 0.866. The van der Waals surface area contributed by atoms with Crippen molar-refractivity contribution in [1.29, 1.82) is 0 Å². The molecule has 1 fully saturated rings. The van der Waals surface area contributed by atoms with E-state index in [1.54, 1.807) is 0 Å². The van der Waals surface area contributed by atoms with Crippen LogP contribution in [0.1, 0.15) is 37.3 Å². The maximum Gasteiger partial charge on any atom is 0.223 e. The molecule has 1 aliphatic rings. The summed E-state index contributed by atoms with van der Waals surface area (Å²) in [4.78, 5) is 13.9. The molecule has 2 rings (SSSR count). The highest BCUT2D eigenvalue weighted by Gasteiger charge is 2.28. The van der Waals surface area contributed by atoms with Gasteiger partial charge in [-0.05, 0) is 23.5 Å². The fourth-order valence-electron chi connectivity index (χ4n) is 2.61. The highest BCUT2D eigenvalue weighted by molar-refractivity contribution is 5.78. The van der Waals surface area contributed by atoms with E-state index >= 15 is 0 Å². The van der Waals surface area contributed by atoms with Gasteiger partial charge in [-0.1, -0.05) is 37.6 Å². The molecule has 1 aromatic rings. The predicted molar refractivity (Wildman–Crippen MR) is 72.8 cm³/mol. The summed E-state index contributed by atoms with van der Waals surface area (Å²) < 4.78 is 0. The second kappa shape index (κ2) is 6.01. The zero-order valence-corrected chi connectivity index (χ0v) is 11.1. The summed E-state index contributed by atoms with van der Waals surface area (Å²) in [6, 6.07) is 8.23. The van der Waals surface area contributed by atoms with Gasteiger partial charge in [0.15, 0.2) is 0 Å². The molecular weight excluding hydrogens is 224 g/mol. The SMILES string of the molecule is CCCC1CC(=O)N(Cc2ccc(CN)cc2)C1. The molecule has 0 radical (unpaired) electrons. The maximum absolute atomic E-state index is 11.9. The lowest BCUT2D eigenvalue weighted by Crippen LogP contribution is -2.24. The number of benzene rings is 1. The van der Waals surface area contributed by atoms with E-state index < -0.39 is 0 Å². The molecule has 1 aliphatic heterocycles. The monoisotopic (exact) mass is 246 g/mol. The van der Waals surface area contributed by atoms with E-state index in [2.05, 4.69) is 19.1 Å². The van der Waals surface area contributed by atoms with Crippen molar-refractivity contribution >= 4 is 5.91 Å². The summed E-state index contributed by atoms with van der Waals surface area (Å²) in [7, 11) is 0. The van der Waals surface area contributed by atoms with E-state index in [1.807, 2.05) is 17.0 Å². The molecule has 2 N–H and O–H groups in total. The van der Waals surface area contributed by atoms with E-state index in [0.29, 0.717) is 18.4 Å². The summed E-state index contributed by atoms with van der Waals surface area (Å²) in [5.74, 6) is 0.863. The molecule has 1 amide bonds. The number of hydrogen-bond acceptors (Lipinski definition) is 2. The van der Waals surface area contributed by atoms with E-state index in [0.717, 1.165) is 37.9 Å². The Balaban J connectivity index is 1.94. The third kappa shape index (κ3) is 3.10. The Morgan fingerprint density at radius 3 is 2.56 bits per heavy atom. The molecule has 3 nitrogen and oxygen atoms in total. The van der Waals surface area contributed by atoms with Gasteiger partial charge in [0.2, 0.25) is 5.91 Å². The Labute approximate surface area is 109 Å². The number of nitrogens with two attached hydrogens (primary N) is 1. The van der Waals surface area contributed by atoms with Gasteiger partial charge in [0.1, 0.15) is 0 Å². The molecule has 1 unspecified atom stereocenters. The van der Waals surface area contributed by atoms with Crippen LogP contribution in [-0.4, -0.2) is 17.4 Å². The van der Waals surface area contributed by atoms with Crippen molar-refractivity contribution in [2.24, 2.45) is 11.7 Å². The van der Waals surface area contributed by atoms with Crippen molar-refractivity contribution in [1.82, 2.24) is 4.90 Å². The van der Waals surface area contributed by atoms with Gasteiger partial charge in [-0.2, -0.15) is 0 Å². The van der Waals surface area contributed by atoms with Crippen LogP contribution in [0.3, 0.4) is 0 Å². The molecule has 0 aromatic heterocycles. The second-order valence-electron chi connectivity index (χ2n) is 5.15. The van der Waals surface area contributed by atoms with Crippen LogP contribution in [0.25, 0.3) is 0 Å². The van der Waals surface area contributed by atoms with Crippen LogP contribution >= 0.6 is 0 Å². The molecule has 1 aromatic carbocycles. The molecule has 1 atom stereocenters. The zero-order valence-electron chi connectivity index (χ0n) is 11.1. The molecular formula is C15H22N2O. The first-order chi connectivity index (χ1) is 8.72. The third-order valence-corrected chi connectivity index (χ3v) is 3.62. The van der Waals surface area contributed by atoms with Crippen LogP contribution in [0.4, 0.5) is 0 Å². The highest BCUT2D eigenvalue weighted by Crippen LogP contribution is 2.23. The van der Waals surface area contributed by atoms with Crippen molar-refractivity contribution < 1.29 is 4.79 Å². The van der Waals surface area contributed by atoms with Crippen LogP contribution in [-0.2, 0) is 17.9 Å². The lowest BCUT2D eigenvalue weighted by atomic mass is 10.0. The summed E-state index contributed by atoms with van der Waals surface area (Å²) in [6.07, 6.45) is 3.06. The Kier molecular flexibility index (Phi) is 4.37. The smallest absolute Gasteiger partial charge is 0.223 e. The van der Waals surface area contributed by atoms with Crippen molar-refractivity contribution in [3.05, 3.63) is 35.4 Å². The number of likely N-dealkylation sites (tertiary alicyclic amines) is 1. The number of nitrogens with zero attached hydrogens (tertiary/aromatic N) is 1. The standard InChI is InChI=1S/C15H22N2O/c1-2-3-14-8-15(18)17(11-14)10-13-6-4-12(9-16)5-7-13/h4-7,14H,2-3,8-11,16H2,1H3. The molecule has 3 heteroatoms. The lowest BCUT2D eigenvalue weighted by Gasteiger charge is -2.16. The Morgan fingerprint density at radius 1 is 1.28 bits per heavy atom. The van der Waals surface area contributed by atoms with Crippen LogP contribution < -0.4 is 5.73 Å². The minimum absolute atomic E-state index is 0.302. The van der Waals surface area contributed by atoms with E-state index in [1.165, 1.54) is 5.56 Å². The molecule has 98 valence electrons. The zero-order chi connectivity index (χ0) is 13.0. The predicted octanol–water partition coefficient (Wildman–Crippen LogP) is 2.29. The minimum atomic E-state index is 0.302. The number of hydrogen-bond donors (Lipinski definition) is 1. The Bertz CT molecular complexity index is 399. The first-order valence-corrected chi connectivity index (χ1v) is 6.78. The average molecular weight is 246 g/mol. The van der Waals surface area contributed by atoms with E-state index in [4.69, 9.17) is 5.73 Å².